The zero-order chi connectivity index (χ0) is 15.2. The van der Waals surface area contributed by atoms with Crippen molar-refractivity contribution in [3.8, 4) is 0 Å². The first-order valence-electron chi connectivity index (χ1n) is 5.64. The number of carboxylic acid groups (broad SMARTS) is 1. The molecule has 1 atom stereocenters. The molecule has 0 saturated carbocycles. The summed E-state index contributed by atoms with van der Waals surface area (Å²) in [5, 5.41) is 18.9. The van der Waals surface area contributed by atoms with E-state index >= 15 is 0 Å². The van der Waals surface area contributed by atoms with Crippen molar-refractivity contribution in [2.24, 2.45) is 0 Å². The minimum absolute atomic E-state index is 0.166. The van der Waals surface area contributed by atoms with E-state index in [1.807, 2.05) is 0 Å². The van der Waals surface area contributed by atoms with Gasteiger partial charge in [-0.1, -0.05) is 23.7 Å². The van der Waals surface area contributed by atoms with Crippen LogP contribution in [-0.4, -0.2) is 37.2 Å². The second-order valence-electron chi connectivity index (χ2n) is 3.94. The van der Waals surface area contributed by atoms with Crippen LogP contribution in [0.3, 0.4) is 0 Å². The molecule has 0 bridgehead atoms. The summed E-state index contributed by atoms with van der Waals surface area (Å²) in [4.78, 5) is 10.3. The van der Waals surface area contributed by atoms with Gasteiger partial charge in [0.2, 0.25) is 10.0 Å². The number of aliphatic hydroxyl groups is 1. The molecule has 0 aromatic heterocycles. The van der Waals surface area contributed by atoms with Crippen LogP contribution in [0.4, 0.5) is 0 Å². The van der Waals surface area contributed by atoms with Crippen molar-refractivity contribution < 1.29 is 23.4 Å². The van der Waals surface area contributed by atoms with Gasteiger partial charge in [0.1, 0.15) is 0 Å². The lowest BCUT2D eigenvalue weighted by Gasteiger charge is -2.05. The molecule has 0 amide bonds. The Morgan fingerprint density at radius 2 is 1.95 bits per heavy atom. The number of sulfonamides is 1. The minimum Gasteiger partial charge on any atom is -0.479 e. The van der Waals surface area contributed by atoms with E-state index in [1.54, 1.807) is 24.3 Å². The van der Waals surface area contributed by atoms with Crippen LogP contribution >= 0.6 is 11.6 Å². The molecule has 0 aliphatic heterocycles. The minimum atomic E-state index is -3.68. The number of halogens is 1. The third kappa shape index (κ3) is 6.16. The normalized spacial score (nSPS) is 13.5. The highest BCUT2D eigenvalue weighted by Gasteiger charge is 2.13. The van der Waals surface area contributed by atoms with Gasteiger partial charge < -0.3 is 10.2 Å². The van der Waals surface area contributed by atoms with Crippen LogP contribution in [0.5, 0.6) is 0 Å². The molecule has 1 aromatic carbocycles. The second kappa shape index (κ2) is 7.39. The third-order valence-electron chi connectivity index (χ3n) is 2.32. The Balaban J connectivity index is 2.53. The van der Waals surface area contributed by atoms with Gasteiger partial charge in [-0.15, -0.1) is 0 Å². The standard InChI is InChI=1S/C12H14ClNO5S/c13-10-3-1-9(2-4-10)6-8-20(18,19)14-7-5-11(15)12(16)17/h1-4,6,8,11,14-15H,5,7H2,(H,16,17)/b8-6+. The molecule has 0 spiro atoms. The smallest absolute Gasteiger partial charge is 0.332 e. The molecule has 1 rings (SSSR count). The number of benzene rings is 1. The van der Waals surface area contributed by atoms with Gasteiger partial charge in [0, 0.05) is 17.0 Å². The highest BCUT2D eigenvalue weighted by Crippen LogP contribution is 2.11. The molecule has 20 heavy (non-hydrogen) atoms. The highest BCUT2D eigenvalue weighted by molar-refractivity contribution is 7.92. The molecule has 0 radical (unpaired) electrons. The van der Waals surface area contributed by atoms with Crippen LogP contribution in [-0.2, 0) is 14.8 Å². The molecule has 1 unspecified atom stereocenters. The zero-order valence-corrected chi connectivity index (χ0v) is 11.9. The molecule has 1 aromatic rings. The summed E-state index contributed by atoms with van der Waals surface area (Å²) in [6.45, 7) is -0.166. The highest BCUT2D eigenvalue weighted by atomic mass is 35.5. The summed E-state index contributed by atoms with van der Waals surface area (Å²) in [7, 11) is -3.68. The van der Waals surface area contributed by atoms with Gasteiger partial charge in [0.25, 0.3) is 0 Å². The van der Waals surface area contributed by atoms with Crippen molar-refractivity contribution in [3.63, 3.8) is 0 Å². The lowest BCUT2D eigenvalue weighted by Crippen LogP contribution is -2.28. The van der Waals surface area contributed by atoms with Crippen LogP contribution in [0.15, 0.2) is 29.7 Å². The SMILES string of the molecule is O=C(O)C(O)CCNS(=O)(=O)/C=C/c1ccc(Cl)cc1. The van der Waals surface area contributed by atoms with Crippen molar-refractivity contribution in [3.05, 3.63) is 40.3 Å². The Morgan fingerprint density at radius 3 is 2.50 bits per heavy atom. The molecular formula is C12H14ClNO5S. The van der Waals surface area contributed by atoms with E-state index in [0.29, 0.717) is 10.6 Å². The maximum Gasteiger partial charge on any atom is 0.332 e. The third-order valence-corrected chi connectivity index (χ3v) is 3.67. The van der Waals surface area contributed by atoms with Gasteiger partial charge in [-0.25, -0.2) is 17.9 Å². The molecule has 6 nitrogen and oxygen atoms in total. The number of nitrogens with one attached hydrogen (secondary N) is 1. The average Bonchev–Trinajstić information content (AvgIpc) is 2.37. The van der Waals surface area contributed by atoms with Gasteiger partial charge in [-0.05, 0) is 30.2 Å². The lowest BCUT2D eigenvalue weighted by atomic mass is 10.2. The number of carboxylic acids is 1. The Labute approximate surface area is 121 Å². The molecule has 0 fully saturated rings. The fourth-order valence-corrected chi connectivity index (χ4v) is 2.21. The summed E-state index contributed by atoms with van der Waals surface area (Å²) in [5.41, 5.74) is 0.658. The van der Waals surface area contributed by atoms with Crippen LogP contribution in [0.25, 0.3) is 6.08 Å². The zero-order valence-electron chi connectivity index (χ0n) is 10.4. The maximum atomic E-state index is 11.6. The summed E-state index contributed by atoms with van der Waals surface area (Å²) >= 11 is 5.70. The van der Waals surface area contributed by atoms with Gasteiger partial charge in [-0.2, -0.15) is 0 Å². The molecular weight excluding hydrogens is 306 g/mol. The average molecular weight is 320 g/mol. The van der Waals surface area contributed by atoms with Crippen LogP contribution in [0, 0.1) is 0 Å². The number of carbonyl (C=O) groups is 1. The molecule has 8 heteroatoms. The Morgan fingerprint density at radius 1 is 1.35 bits per heavy atom. The lowest BCUT2D eigenvalue weighted by molar-refractivity contribution is -0.146. The van der Waals surface area contributed by atoms with E-state index in [2.05, 4.69) is 4.72 Å². The van der Waals surface area contributed by atoms with Crippen LogP contribution in [0.1, 0.15) is 12.0 Å². The van der Waals surface area contributed by atoms with Crippen molar-refractivity contribution >= 4 is 33.7 Å². The van der Waals surface area contributed by atoms with E-state index in [0.717, 1.165) is 5.41 Å². The quantitative estimate of drug-likeness (QED) is 0.697. The first-order chi connectivity index (χ1) is 9.30. The van der Waals surface area contributed by atoms with Crippen molar-refractivity contribution in [1.82, 2.24) is 4.72 Å². The monoisotopic (exact) mass is 319 g/mol. The van der Waals surface area contributed by atoms with Crippen molar-refractivity contribution in [2.75, 3.05) is 6.54 Å². The number of aliphatic hydroxyl groups excluding tert-OH is 1. The molecule has 0 heterocycles. The summed E-state index contributed by atoms with van der Waals surface area (Å²) in [6.07, 6.45) is -0.409. The molecule has 0 aliphatic carbocycles. The maximum absolute atomic E-state index is 11.6. The summed E-state index contributed by atoms with van der Waals surface area (Å²) in [6, 6.07) is 6.57. The number of aliphatic carboxylic acids is 1. The number of rotatable bonds is 7. The van der Waals surface area contributed by atoms with E-state index in [9.17, 15) is 13.2 Å². The predicted octanol–water partition coefficient (Wildman–Crippen LogP) is 1.07. The van der Waals surface area contributed by atoms with Gasteiger partial charge in [0.05, 0.1) is 0 Å². The summed E-state index contributed by atoms with van der Waals surface area (Å²) in [5.74, 6) is -1.39. The van der Waals surface area contributed by atoms with E-state index in [1.165, 1.54) is 6.08 Å². The van der Waals surface area contributed by atoms with E-state index < -0.39 is 22.1 Å². The van der Waals surface area contributed by atoms with Gasteiger partial charge in [0.15, 0.2) is 6.10 Å². The number of hydrogen-bond acceptors (Lipinski definition) is 4. The van der Waals surface area contributed by atoms with Gasteiger partial charge >= 0.3 is 5.97 Å². The van der Waals surface area contributed by atoms with Gasteiger partial charge in [-0.3, -0.25) is 0 Å². The first kappa shape index (κ1) is 16.6. The Kier molecular flexibility index (Phi) is 6.15. The fourth-order valence-electron chi connectivity index (χ4n) is 1.25. The Hall–Kier alpha value is -1.41. The molecule has 110 valence electrons. The van der Waals surface area contributed by atoms with Crippen molar-refractivity contribution in [2.45, 2.75) is 12.5 Å². The van der Waals surface area contributed by atoms with E-state index in [4.69, 9.17) is 21.8 Å². The topological polar surface area (TPSA) is 104 Å². The van der Waals surface area contributed by atoms with E-state index in [-0.39, 0.29) is 13.0 Å². The summed E-state index contributed by atoms with van der Waals surface area (Å²) < 4.78 is 25.3. The second-order valence-corrected chi connectivity index (χ2v) is 6.02. The molecule has 0 saturated heterocycles. The van der Waals surface area contributed by atoms with Crippen molar-refractivity contribution in [1.29, 1.82) is 0 Å². The number of hydrogen-bond donors (Lipinski definition) is 3. The fraction of sp³-hybridized carbons (Fsp3) is 0.250. The van der Waals surface area contributed by atoms with Crippen LogP contribution < -0.4 is 4.72 Å². The predicted molar refractivity (Wildman–Crippen MR) is 75.7 cm³/mol. The molecule has 0 aliphatic rings. The van der Waals surface area contributed by atoms with Crippen LogP contribution in [0.2, 0.25) is 5.02 Å². The molecule has 3 N–H and O–H groups in total. The first-order valence-corrected chi connectivity index (χ1v) is 7.57. The Bertz CT molecular complexity index is 582. The largest absolute Gasteiger partial charge is 0.479 e.